The molecule has 0 bridgehead atoms. The normalized spacial score (nSPS) is 14.3. The number of benzene rings is 2. The minimum atomic E-state index is -3.64. The monoisotopic (exact) mass is 481 g/mol. The Hall–Kier alpha value is -3.26. The average Bonchev–Trinajstić information content (AvgIpc) is 2.81. The summed E-state index contributed by atoms with van der Waals surface area (Å²) < 4.78 is 69.1. The van der Waals surface area contributed by atoms with Crippen LogP contribution in [0.15, 0.2) is 41.3 Å². The number of nitriles is 1. The van der Waals surface area contributed by atoms with E-state index in [1.807, 2.05) is 4.90 Å². The molecule has 1 amide bonds. The molecule has 3 rings (SSSR count). The van der Waals surface area contributed by atoms with Crippen LogP contribution in [0.5, 0.6) is 5.75 Å². The van der Waals surface area contributed by atoms with Gasteiger partial charge in [0.05, 0.1) is 16.0 Å². The quantitative estimate of drug-likeness (QED) is 0.604. The van der Waals surface area contributed by atoms with Crippen LogP contribution in [0.25, 0.3) is 0 Å². The van der Waals surface area contributed by atoms with Crippen LogP contribution in [-0.4, -0.2) is 71.1 Å². The standard InChI is InChI=1S/C22H22F3N3O4S/c1-33(30,31)18-4-5-21(32-17(12-23)13-24)19(11-18)22(29)28-8-6-27(7-9-28)16-3-2-15(14-26)20(25)10-16/h2-5,10-11,17H,6-9,12-13H2,1H3. The second-order valence-electron chi connectivity index (χ2n) is 7.53. The second kappa shape index (κ2) is 10.1. The van der Waals surface area contributed by atoms with Gasteiger partial charge in [-0.05, 0) is 36.4 Å². The van der Waals surface area contributed by atoms with Crippen molar-refractivity contribution >= 4 is 21.4 Å². The zero-order chi connectivity index (χ0) is 24.2. The third-order valence-electron chi connectivity index (χ3n) is 5.25. The maximum absolute atomic E-state index is 13.9. The van der Waals surface area contributed by atoms with E-state index in [9.17, 15) is 26.4 Å². The van der Waals surface area contributed by atoms with Gasteiger partial charge in [-0.25, -0.2) is 21.6 Å². The molecule has 1 saturated heterocycles. The fourth-order valence-corrected chi connectivity index (χ4v) is 4.07. The van der Waals surface area contributed by atoms with Crippen LogP contribution in [0.2, 0.25) is 0 Å². The van der Waals surface area contributed by atoms with Gasteiger partial charge in [0.2, 0.25) is 0 Å². The number of amides is 1. The van der Waals surface area contributed by atoms with Crippen molar-refractivity contribution in [2.75, 3.05) is 50.7 Å². The molecule has 0 aromatic heterocycles. The number of alkyl halides is 2. The van der Waals surface area contributed by atoms with E-state index in [0.717, 1.165) is 12.3 Å². The number of rotatable bonds is 7. The van der Waals surface area contributed by atoms with Crippen LogP contribution in [0.4, 0.5) is 18.9 Å². The summed E-state index contributed by atoms with van der Waals surface area (Å²) in [6.45, 7) is -1.04. The molecule has 0 N–H and O–H groups in total. The zero-order valence-corrected chi connectivity index (χ0v) is 18.6. The first-order valence-corrected chi connectivity index (χ1v) is 11.9. The minimum Gasteiger partial charge on any atom is -0.484 e. The summed E-state index contributed by atoms with van der Waals surface area (Å²) in [4.78, 5) is 16.4. The van der Waals surface area contributed by atoms with E-state index in [1.54, 1.807) is 12.1 Å². The zero-order valence-electron chi connectivity index (χ0n) is 17.8. The highest BCUT2D eigenvalue weighted by Crippen LogP contribution is 2.27. The lowest BCUT2D eigenvalue weighted by Crippen LogP contribution is -2.49. The van der Waals surface area contributed by atoms with Crippen molar-refractivity contribution in [2.45, 2.75) is 11.0 Å². The Bertz CT molecular complexity index is 1170. The molecule has 7 nitrogen and oxygen atoms in total. The third kappa shape index (κ3) is 5.57. The van der Waals surface area contributed by atoms with Crippen molar-refractivity contribution in [3.8, 4) is 11.8 Å². The van der Waals surface area contributed by atoms with Gasteiger partial charge in [-0.1, -0.05) is 0 Å². The van der Waals surface area contributed by atoms with E-state index >= 15 is 0 Å². The molecule has 176 valence electrons. The second-order valence-corrected chi connectivity index (χ2v) is 9.55. The number of hydrogen-bond donors (Lipinski definition) is 0. The van der Waals surface area contributed by atoms with Crippen molar-refractivity contribution in [3.63, 3.8) is 0 Å². The molecule has 11 heteroatoms. The van der Waals surface area contributed by atoms with Gasteiger partial charge in [-0.15, -0.1) is 0 Å². The molecular weight excluding hydrogens is 459 g/mol. The molecule has 1 aliphatic rings. The largest absolute Gasteiger partial charge is 0.484 e. The van der Waals surface area contributed by atoms with E-state index in [4.69, 9.17) is 10.00 Å². The SMILES string of the molecule is CS(=O)(=O)c1ccc(OC(CF)CF)c(C(=O)N2CCN(c3ccc(C#N)c(F)c3)CC2)c1. The molecule has 33 heavy (non-hydrogen) atoms. The first-order valence-electron chi connectivity index (χ1n) is 10.0. The number of halogens is 3. The first-order chi connectivity index (χ1) is 15.7. The van der Waals surface area contributed by atoms with Gasteiger partial charge in [0.15, 0.2) is 15.9 Å². The van der Waals surface area contributed by atoms with Crippen LogP contribution < -0.4 is 9.64 Å². The summed E-state index contributed by atoms with van der Waals surface area (Å²) >= 11 is 0. The lowest BCUT2D eigenvalue weighted by molar-refractivity contribution is 0.0732. The first kappa shape index (κ1) is 24.4. The van der Waals surface area contributed by atoms with Crippen molar-refractivity contribution in [1.29, 1.82) is 5.26 Å². The Kier molecular flexibility index (Phi) is 7.48. The van der Waals surface area contributed by atoms with Crippen LogP contribution in [-0.2, 0) is 9.84 Å². The highest BCUT2D eigenvalue weighted by atomic mass is 32.2. The van der Waals surface area contributed by atoms with Crippen LogP contribution in [0.1, 0.15) is 15.9 Å². The highest BCUT2D eigenvalue weighted by molar-refractivity contribution is 7.90. The van der Waals surface area contributed by atoms with Crippen molar-refractivity contribution in [3.05, 3.63) is 53.3 Å². The van der Waals surface area contributed by atoms with E-state index in [0.29, 0.717) is 18.8 Å². The summed E-state index contributed by atoms with van der Waals surface area (Å²) in [5, 5.41) is 8.86. The Morgan fingerprint density at radius 2 is 1.79 bits per heavy atom. The van der Waals surface area contributed by atoms with E-state index in [1.165, 1.54) is 29.2 Å². The van der Waals surface area contributed by atoms with Crippen LogP contribution in [0, 0.1) is 17.1 Å². The number of sulfone groups is 1. The molecule has 0 saturated carbocycles. The predicted molar refractivity (Wildman–Crippen MR) is 115 cm³/mol. The number of hydrogen-bond acceptors (Lipinski definition) is 6. The number of ether oxygens (including phenoxy) is 1. The summed E-state index contributed by atoms with van der Waals surface area (Å²) in [5.41, 5.74) is 0.392. The Balaban J connectivity index is 1.81. The van der Waals surface area contributed by atoms with Gasteiger partial charge >= 0.3 is 0 Å². The number of carbonyl (C=O) groups is 1. The summed E-state index contributed by atoms with van der Waals surface area (Å²) in [6.07, 6.45) is -0.429. The summed E-state index contributed by atoms with van der Waals surface area (Å²) in [5.74, 6) is -1.29. The van der Waals surface area contributed by atoms with Crippen molar-refractivity contribution in [2.24, 2.45) is 0 Å². The summed E-state index contributed by atoms with van der Waals surface area (Å²) in [7, 11) is -3.64. The van der Waals surface area contributed by atoms with Gasteiger partial charge in [-0.3, -0.25) is 4.79 Å². The molecule has 0 aliphatic carbocycles. The minimum absolute atomic E-state index is 0.0642. The van der Waals surface area contributed by atoms with Gasteiger partial charge in [-0.2, -0.15) is 5.26 Å². The fraction of sp³-hybridized carbons (Fsp3) is 0.364. The molecule has 0 unspecified atom stereocenters. The van der Waals surface area contributed by atoms with Gasteiger partial charge in [0, 0.05) is 38.1 Å². The molecular formula is C22H22F3N3O4S. The van der Waals surface area contributed by atoms with Crippen LogP contribution >= 0.6 is 0 Å². The number of carbonyl (C=O) groups excluding carboxylic acids is 1. The molecule has 0 radical (unpaired) electrons. The number of anilines is 1. The number of piperazine rings is 1. The van der Waals surface area contributed by atoms with E-state index < -0.39 is 41.0 Å². The molecule has 0 spiro atoms. The maximum Gasteiger partial charge on any atom is 0.257 e. The summed E-state index contributed by atoms with van der Waals surface area (Å²) in [6, 6.07) is 9.59. The van der Waals surface area contributed by atoms with Gasteiger partial charge < -0.3 is 14.5 Å². The van der Waals surface area contributed by atoms with Gasteiger partial charge in [0.1, 0.15) is 31.0 Å². The van der Waals surface area contributed by atoms with E-state index in [2.05, 4.69) is 0 Å². The molecule has 0 atom stereocenters. The van der Waals surface area contributed by atoms with Gasteiger partial charge in [0.25, 0.3) is 5.91 Å². The third-order valence-corrected chi connectivity index (χ3v) is 6.36. The smallest absolute Gasteiger partial charge is 0.257 e. The highest BCUT2D eigenvalue weighted by Gasteiger charge is 2.27. The number of nitrogens with zero attached hydrogens (tertiary/aromatic N) is 3. The van der Waals surface area contributed by atoms with E-state index in [-0.39, 0.29) is 34.9 Å². The molecule has 2 aromatic rings. The Labute approximate surface area is 189 Å². The maximum atomic E-state index is 13.9. The molecule has 1 fully saturated rings. The van der Waals surface area contributed by atoms with Crippen molar-refractivity contribution < 1.29 is 31.1 Å². The lowest BCUT2D eigenvalue weighted by Gasteiger charge is -2.36. The molecule has 1 aliphatic heterocycles. The average molecular weight is 481 g/mol. The topological polar surface area (TPSA) is 90.7 Å². The Morgan fingerprint density at radius 1 is 1.12 bits per heavy atom. The lowest BCUT2D eigenvalue weighted by atomic mass is 10.1. The van der Waals surface area contributed by atoms with Crippen molar-refractivity contribution in [1.82, 2.24) is 4.90 Å². The van der Waals surface area contributed by atoms with Crippen LogP contribution in [0.3, 0.4) is 0 Å². The molecule has 2 aromatic carbocycles. The predicted octanol–water partition coefficient (Wildman–Crippen LogP) is 2.75. The molecule has 1 heterocycles. The fourth-order valence-electron chi connectivity index (χ4n) is 3.42. The Morgan fingerprint density at radius 3 is 2.33 bits per heavy atom.